The molecular formula is C20H18F3IN4O. The molecule has 2 heterocycles. The Kier molecular flexibility index (Phi) is 6.62. The monoisotopic (exact) mass is 514 g/mol. The number of halogens is 4. The fraction of sp³-hybridized carbons (Fsp3) is 0.350. The first-order valence-corrected chi connectivity index (χ1v) is 10.1. The van der Waals surface area contributed by atoms with E-state index >= 15 is 0 Å². The molecule has 0 aliphatic carbocycles. The van der Waals surface area contributed by atoms with Crippen LogP contribution in [0, 0.1) is 14.9 Å². The Balaban J connectivity index is 1.65. The van der Waals surface area contributed by atoms with E-state index < -0.39 is 17.9 Å². The number of nitriles is 1. The second kappa shape index (κ2) is 8.98. The van der Waals surface area contributed by atoms with Crippen molar-refractivity contribution in [3.05, 3.63) is 56.8 Å². The number of rotatable bonds is 5. The average molecular weight is 514 g/mol. The zero-order chi connectivity index (χ0) is 21.0. The molecule has 0 bridgehead atoms. The zero-order valence-corrected chi connectivity index (χ0v) is 17.5. The topological polar surface area (TPSA) is 69.0 Å². The molecule has 0 radical (unpaired) electrons. The first-order valence-electron chi connectivity index (χ1n) is 9.06. The molecule has 0 spiro atoms. The predicted octanol–water partition coefficient (Wildman–Crippen LogP) is 3.90. The van der Waals surface area contributed by atoms with Crippen molar-refractivity contribution in [2.75, 3.05) is 18.0 Å². The fourth-order valence-electron chi connectivity index (χ4n) is 3.28. The lowest BCUT2D eigenvalue weighted by Gasteiger charge is -2.26. The molecule has 29 heavy (non-hydrogen) atoms. The summed E-state index contributed by atoms with van der Waals surface area (Å²) in [5.74, 6) is -0.0423. The maximum absolute atomic E-state index is 13.1. The molecular weight excluding hydrogens is 496 g/mol. The second-order valence-electron chi connectivity index (χ2n) is 6.73. The summed E-state index contributed by atoms with van der Waals surface area (Å²) >= 11 is 1.83. The molecule has 1 N–H and O–H groups in total. The van der Waals surface area contributed by atoms with Crippen LogP contribution >= 0.6 is 22.6 Å². The smallest absolute Gasteiger partial charge is 0.354 e. The molecule has 3 rings (SSSR count). The van der Waals surface area contributed by atoms with Gasteiger partial charge in [-0.2, -0.15) is 18.4 Å². The Morgan fingerprint density at radius 2 is 2.03 bits per heavy atom. The summed E-state index contributed by atoms with van der Waals surface area (Å²) in [5.41, 5.74) is 0.607. The van der Waals surface area contributed by atoms with Gasteiger partial charge in [-0.15, -0.1) is 0 Å². The minimum absolute atomic E-state index is 0.175. The van der Waals surface area contributed by atoms with E-state index in [1.807, 2.05) is 34.7 Å². The quantitative estimate of drug-likeness (QED) is 0.615. The number of aromatic nitrogens is 1. The third-order valence-electron chi connectivity index (χ3n) is 4.71. The molecule has 1 unspecified atom stereocenters. The molecule has 1 aliphatic heterocycles. The van der Waals surface area contributed by atoms with Gasteiger partial charge in [0, 0.05) is 16.7 Å². The van der Waals surface area contributed by atoms with E-state index in [-0.39, 0.29) is 11.7 Å². The molecule has 1 aliphatic rings. The van der Waals surface area contributed by atoms with Crippen LogP contribution in [0.4, 0.5) is 19.0 Å². The summed E-state index contributed by atoms with van der Waals surface area (Å²) in [6, 6.07) is 11.2. The molecule has 1 fully saturated rings. The van der Waals surface area contributed by atoms with Gasteiger partial charge in [0.1, 0.15) is 17.6 Å². The summed E-state index contributed by atoms with van der Waals surface area (Å²) in [6.07, 6.45) is -2.65. The summed E-state index contributed by atoms with van der Waals surface area (Å²) in [4.78, 5) is 18.0. The number of anilines is 1. The highest BCUT2D eigenvalue weighted by Crippen LogP contribution is 2.32. The second-order valence-corrected chi connectivity index (χ2v) is 7.97. The van der Waals surface area contributed by atoms with Crippen LogP contribution in [0.15, 0.2) is 36.4 Å². The standard InChI is InChI=1S/C20H18F3IN4O/c21-20(22,23)17-10-15(24)11-18(27-17)28-9-1-2-16(28)19(29)26-8-7-13-3-5-14(12-25)6-4-13/h3-6,10-11,16H,1-2,7-9H2,(H,26,29). The van der Waals surface area contributed by atoms with Crippen molar-refractivity contribution in [3.8, 4) is 6.07 Å². The lowest BCUT2D eigenvalue weighted by Crippen LogP contribution is -2.44. The van der Waals surface area contributed by atoms with Gasteiger partial charge in [-0.05, 0) is 71.7 Å². The average Bonchev–Trinajstić information content (AvgIpc) is 3.17. The van der Waals surface area contributed by atoms with Crippen molar-refractivity contribution in [3.63, 3.8) is 0 Å². The highest BCUT2D eigenvalue weighted by Gasteiger charge is 2.36. The number of carbonyl (C=O) groups excluding carboxylic acids is 1. The number of carbonyl (C=O) groups is 1. The Morgan fingerprint density at radius 1 is 1.31 bits per heavy atom. The van der Waals surface area contributed by atoms with Crippen LogP contribution in [0.3, 0.4) is 0 Å². The fourth-order valence-corrected chi connectivity index (χ4v) is 3.86. The molecule has 9 heteroatoms. The largest absolute Gasteiger partial charge is 0.433 e. The van der Waals surface area contributed by atoms with Gasteiger partial charge >= 0.3 is 6.18 Å². The van der Waals surface area contributed by atoms with Crippen LogP contribution in [0.5, 0.6) is 0 Å². The van der Waals surface area contributed by atoms with E-state index in [2.05, 4.69) is 16.4 Å². The van der Waals surface area contributed by atoms with Crippen molar-refractivity contribution < 1.29 is 18.0 Å². The zero-order valence-electron chi connectivity index (χ0n) is 15.3. The number of alkyl halides is 3. The van der Waals surface area contributed by atoms with Crippen LogP contribution in [0.25, 0.3) is 0 Å². The van der Waals surface area contributed by atoms with Crippen LogP contribution in [0.1, 0.15) is 29.7 Å². The molecule has 2 aromatic rings. The molecule has 1 amide bonds. The molecule has 0 saturated carbocycles. The van der Waals surface area contributed by atoms with E-state index in [0.717, 1.165) is 11.6 Å². The highest BCUT2D eigenvalue weighted by atomic mass is 127. The Morgan fingerprint density at radius 3 is 2.69 bits per heavy atom. The number of nitrogens with one attached hydrogen (secondary N) is 1. The number of pyridine rings is 1. The first-order chi connectivity index (χ1) is 13.8. The number of nitrogens with zero attached hydrogens (tertiary/aromatic N) is 3. The van der Waals surface area contributed by atoms with Gasteiger partial charge in [-0.3, -0.25) is 4.79 Å². The predicted molar refractivity (Wildman–Crippen MR) is 110 cm³/mol. The van der Waals surface area contributed by atoms with Crippen LogP contribution in [-0.4, -0.2) is 30.0 Å². The van der Waals surface area contributed by atoms with Crippen LogP contribution in [0.2, 0.25) is 0 Å². The van der Waals surface area contributed by atoms with Crippen molar-refractivity contribution in [2.24, 2.45) is 0 Å². The maximum Gasteiger partial charge on any atom is 0.433 e. The first kappa shape index (κ1) is 21.4. The number of hydrogen-bond donors (Lipinski definition) is 1. The van der Waals surface area contributed by atoms with Crippen LogP contribution in [-0.2, 0) is 17.4 Å². The normalized spacial score (nSPS) is 16.5. The maximum atomic E-state index is 13.1. The lowest BCUT2D eigenvalue weighted by atomic mass is 10.1. The third kappa shape index (κ3) is 5.38. The third-order valence-corrected chi connectivity index (χ3v) is 5.34. The highest BCUT2D eigenvalue weighted by molar-refractivity contribution is 14.1. The van der Waals surface area contributed by atoms with Gasteiger partial charge in [0.25, 0.3) is 0 Å². The van der Waals surface area contributed by atoms with Gasteiger partial charge in [0.05, 0.1) is 11.6 Å². The minimum atomic E-state index is -4.53. The molecule has 1 saturated heterocycles. The van der Waals surface area contributed by atoms with E-state index in [4.69, 9.17) is 5.26 Å². The van der Waals surface area contributed by atoms with E-state index in [9.17, 15) is 18.0 Å². The SMILES string of the molecule is N#Cc1ccc(CCNC(=O)C2CCCN2c2cc(I)cc(C(F)(F)F)n2)cc1. The molecule has 152 valence electrons. The van der Waals surface area contributed by atoms with Crippen molar-refractivity contribution in [1.29, 1.82) is 5.26 Å². The Labute approximate surface area is 180 Å². The Hall–Kier alpha value is -2.35. The number of hydrogen-bond acceptors (Lipinski definition) is 4. The summed E-state index contributed by atoms with van der Waals surface area (Å²) < 4.78 is 39.7. The lowest BCUT2D eigenvalue weighted by molar-refractivity contribution is -0.141. The molecule has 1 aromatic carbocycles. The van der Waals surface area contributed by atoms with Gasteiger partial charge in [0.15, 0.2) is 0 Å². The van der Waals surface area contributed by atoms with E-state index in [1.54, 1.807) is 23.1 Å². The van der Waals surface area contributed by atoms with Gasteiger partial charge in [-0.1, -0.05) is 12.1 Å². The Bertz CT molecular complexity index is 925. The molecule has 1 aromatic heterocycles. The molecule has 5 nitrogen and oxygen atoms in total. The van der Waals surface area contributed by atoms with Gasteiger partial charge in [0.2, 0.25) is 5.91 Å². The molecule has 1 atom stereocenters. The van der Waals surface area contributed by atoms with Gasteiger partial charge in [-0.25, -0.2) is 4.98 Å². The van der Waals surface area contributed by atoms with E-state index in [1.165, 1.54) is 0 Å². The van der Waals surface area contributed by atoms with Crippen molar-refractivity contribution >= 4 is 34.3 Å². The number of amides is 1. The van der Waals surface area contributed by atoms with Crippen molar-refractivity contribution in [2.45, 2.75) is 31.5 Å². The number of benzene rings is 1. The van der Waals surface area contributed by atoms with Crippen LogP contribution < -0.4 is 10.2 Å². The summed E-state index contributed by atoms with van der Waals surface area (Å²) in [6.45, 7) is 0.890. The van der Waals surface area contributed by atoms with Crippen molar-refractivity contribution in [1.82, 2.24) is 10.3 Å². The van der Waals surface area contributed by atoms with E-state index in [0.29, 0.717) is 41.5 Å². The summed E-state index contributed by atoms with van der Waals surface area (Å²) in [5, 5.41) is 11.7. The van der Waals surface area contributed by atoms with Gasteiger partial charge < -0.3 is 10.2 Å². The summed E-state index contributed by atoms with van der Waals surface area (Å²) in [7, 11) is 0. The minimum Gasteiger partial charge on any atom is -0.354 e.